The van der Waals surface area contributed by atoms with Gasteiger partial charge in [0.25, 0.3) is 5.69 Å². The lowest BCUT2D eigenvalue weighted by molar-refractivity contribution is -0.384. The Morgan fingerprint density at radius 3 is 0.961 bits per heavy atom. The second-order valence-electron chi connectivity index (χ2n) is 9.96. The fourth-order valence-corrected chi connectivity index (χ4v) is 3.52. The van der Waals surface area contributed by atoms with Crippen LogP contribution in [0.1, 0.15) is 0 Å². The maximum atomic E-state index is 10.9. The van der Waals surface area contributed by atoms with E-state index in [1.54, 1.807) is 12.1 Å². The summed E-state index contributed by atoms with van der Waals surface area (Å²) >= 11 is 0. The molecule has 0 bridgehead atoms. The van der Waals surface area contributed by atoms with Gasteiger partial charge in [-0.2, -0.15) is 0 Å². The summed E-state index contributed by atoms with van der Waals surface area (Å²) in [5.41, 5.74) is 0.0213. The molecule has 0 saturated heterocycles. The molecular weight excluding hydrogens is 682 g/mol. The van der Waals surface area contributed by atoms with Crippen LogP contribution in [-0.2, 0) is 66.4 Å². The van der Waals surface area contributed by atoms with Crippen molar-refractivity contribution in [2.75, 3.05) is 172 Å². The average molecular weight is 740 g/mol. The number of nitro groups is 1. The molecule has 0 radical (unpaired) electrons. The van der Waals surface area contributed by atoms with Crippen molar-refractivity contribution in [1.82, 2.24) is 0 Å². The topological polar surface area (TPSA) is 189 Å². The molecule has 0 heterocycles. The highest BCUT2D eigenvalue weighted by molar-refractivity contribution is 5.70. The predicted octanol–water partition coefficient (Wildman–Crippen LogP) is 1.35. The highest BCUT2D eigenvalue weighted by Crippen LogP contribution is 2.17. The largest absolute Gasteiger partial charge is 0.491 e. The highest BCUT2D eigenvalue weighted by atomic mass is 16.6. The number of ether oxygens (including phenoxy) is 14. The Morgan fingerprint density at radius 2 is 0.706 bits per heavy atom. The fourth-order valence-electron chi connectivity index (χ4n) is 3.52. The molecule has 51 heavy (non-hydrogen) atoms. The Morgan fingerprint density at radius 1 is 0.451 bits per heavy atom. The minimum absolute atomic E-state index is 0.0213. The van der Waals surface area contributed by atoms with E-state index in [0.717, 1.165) is 0 Å². The molecule has 0 unspecified atom stereocenters. The number of nitro benzene ring substituents is 1. The first-order valence-electron chi connectivity index (χ1n) is 17.0. The Labute approximate surface area is 300 Å². The van der Waals surface area contributed by atoms with Gasteiger partial charge in [-0.25, -0.2) is 4.79 Å². The monoisotopic (exact) mass is 739 g/mol. The Kier molecular flexibility index (Phi) is 33.8. The number of rotatable bonds is 40. The molecule has 0 spiro atoms. The molecule has 0 aromatic heterocycles. The Bertz CT molecular complexity index is 912. The molecule has 0 atom stereocenters. The molecule has 18 heteroatoms. The summed E-state index contributed by atoms with van der Waals surface area (Å²) < 4.78 is 74.8. The molecule has 0 amide bonds. The van der Waals surface area contributed by atoms with Crippen LogP contribution >= 0.6 is 0 Å². The number of hydrogen-bond donors (Lipinski definition) is 0. The predicted molar refractivity (Wildman–Crippen MR) is 180 cm³/mol. The highest BCUT2D eigenvalue weighted by Gasteiger charge is 2.04. The molecule has 1 aromatic carbocycles. The summed E-state index contributed by atoms with van der Waals surface area (Å²) in [4.78, 5) is 21.0. The standard InChI is InChI=1S/C33H57NO17/c1-38-33(35)30-50-27-26-48-23-22-46-19-18-44-15-14-42-11-10-40-7-6-39-8-9-41-12-13-43-16-17-45-20-21-47-24-25-49-28-29-51-32-4-2-31(3-5-32)34(36)37/h2-5H,6-30H2,1H3. The van der Waals surface area contributed by atoms with E-state index in [0.29, 0.717) is 164 Å². The van der Waals surface area contributed by atoms with Crippen LogP contribution in [0.4, 0.5) is 5.69 Å². The smallest absolute Gasteiger partial charge is 0.331 e. The minimum Gasteiger partial charge on any atom is -0.491 e. The molecular formula is C33H57NO17. The van der Waals surface area contributed by atoms with Crippen LogP contribution in [-0.4, -0.2) is 183 Å². The van der Waals surface area contributed by atoms with Gasteiger partial charge >= 0.3 is 5.97 Å². The minimum atomic E-state index is -0.455. The molecule has 0 aliphatic carbocycles. The number of nitrogens with zero attached hydrogens (tertiary/aromatic N) is 1. The summed E-state index contributed by atoms with van der Waals surface area (Å²) in [5.74, 6) is 0.137. The maximum Gasteiger partial charge on any atom is 0.331 e. The third-order valence-electron chi connectivity index (χ3n) is 6.08. The van der Waals surface area contributed by atoms with Crippen molar-refractivity contribution >= 4 is 11.7 Å². The third-order valence-corrected chi connectivity index (χ3v) is 6.08. The molecule has 18 nitrogen and oxygen atoms in total. The first-order chi connectivity index (χ1) is 25.1. The Balaban J connectivity index is 1.64. The van der Waals surface area contributed by atoms with Crippen molar-refractivity contribution in [3.05, 3.63) is 34.4 Å². The summed E-state index contributed by atoms with van der Waals surface area (Å²) in [7, 11) is 1.31. The van der Waals surface area contributed by atoms with E-state index in [2.05, 4.69) is 4.74 Å². The third kappa shape index (κ3) is 33.0. The SMILES string of the molecule is COC(=O)COCCOCCOCCOCCOCCOCCOCCOCCOCCOCCOCCOCCOc1ccc([N+](=O)[O-])cc1. The van der Waals surface area contributed by atoms with Crippen molar-refractivity contribution in [1.29, 1.82) is 0 Å². The molecule has 0 N–H and O–H groups in total. The van der Waals surface area contributed by atoms with Crippen molar-refractivity contribution in [2.45, 2.75) is 0 Å². The van der Waals surface area contributed by atoms with Gasteiger partial charge in [0.15, 0.2) is 0 Å². The van der Waals surface area contributed by atoms with Crippen LogP contribution in [0.2, 0.25) is 0 Å². The van der Waals surface area contributed by atoms with E-state index in [-0.39, 0.29) is 12.3 Å². The van der Waals surface area contributed by atoms with Crippen LogP contribution in [0, 0.1) is 10.1 Å². The van der Waals surface area contributed by atoms with E-state index in [9.17, 15) is 14.9 Å². The van der Waals surface area contributed by atoms with Crippen molar-refractivity contribution in [3.8, 4) is 5.75 Å². The zero-order chi connectivity index (χ0) is 36.7. The second kappa shape index (κ2) is 37.2. The summed E-state index contributed by atoms with van der Waals surface area (Å²) in [6, 6.07) is 5.89. The summed E-state index contributed by atoms with van der Waals surface area (Å²) in [5, 5.41) is 10.6. The van der Waals surface area contributed by atoms with Crippen LogP contribution in [0.5, 0.6) is 5.75 Å². The van der Waals surface area contributed by atoms with Gasteiger partial charge in [-0.15, -0.1) is 0 Å². The van der Waals surface area contributed by atoms with E-state index in [1.807, 2.05) is 0 Å². The van der Waals surface area contributed by atoms with Crippen molar-refractivity contribution in [2.24, 2.45) is 0 Å². The zero-order valence-corrected chi connectivity index (χ0v) is 29.9. The lowest BCUT2D eigenvalue weighted by Crippen LogP contribution is -2.16. The van der Waals surface area contributed by atoms with Gasteiger partial charge in [0, 0.05) is 12.1 Å². The number of carbonyl (C=O) groups is 1. The van der Waals surface area contributed by atoms with Gasteiger partial charge in [-0.05, 0) is 12.1 Å². The number of methoxy groups -OCH3 is 1. The number of carbonyl (C=O) groups excluding carboxylic acids is 1. The average Bonchev–Trinajstić information content (AvgIpc) is 3.14. The second-order valence-corrected chi connectivity index (χ2v) is 9.96. The Hall–Kier alpha value is -2.59. The van der Waals surface area contributed by atoms with Gasteiger partial charge in [-0.3, -0.25) is 10.1 Å². The molecule has 1 rings (SSSR count). The van der Waals surface area contributed by atoms with Crippen LogP contribution in [0.3, 0.4) is 0 Å². The first kappa shape index (κ1) is 46.4. The van der Waals surface area contributed by atoms with Gasteiger partial charge in [0.05, 0.1) is 164 Å². The molecule has 0 aliphatic rings. The lowest BCUT2D eigenvalue weighted by atomic mass is 10.3. The summed E-state index contributed by atoms with van der Waals surface area (Å²) in [6.07, 6.45) is 0. The normalized spacial score (nSPS) is 11.2. The van der Waals surface area contributed by atoms with E-state index >= 15 is 0 Å². The zero-order valence-electron chi connectivity index (χ0n) is 29.9. The van der Waals surface area contributed by atoms with Crippen molar-refractivity contribution in [3.63, 3.8) is 0 Å². The number of hydrogen-bond acceptors (Lipinski definition) is 17. The molecule has 296 valence electrons. The molecule has 0 saturated carbocycles. The number of non-ortho nitro benzene ring substituents is 1. The molecule has 0 fully saturated rings. The van der Waals surface area contributed by atoms with Crippen LogP contribution in [0.15, 0.2) is 24.3 Å². The molecule has 0 aliphatic heterocycles. The fraction of sp³-hybridized carbons (Fsp3) is 0.788. The molecule has 1 aromatic rings. The van der Waals surface area contributed by atoms with E-state index in [1.165, 1.54) is 19.2 Å². The van der Waals surface area contributed by atoms with E-state index < -0.39 is 10.9 Å². The van der Waals surface area contributed by atoms with Gasteiger partial charge in [0.1, 0.15) is 19.0 Å². The number of benzene rings is 1. The first-order valence-corrected chi connectivity index (χ1v) is 17.0. The van der Waals surface area contributed by atoms with Crippen LogP contribution < -0.4 is 4.74 Å². The maximum absolute atomic E-state index is 10.9. The van der Waals surface area contributed by atoms with Gasteiger partial charge < -0.3 is 66.3 Å². The van der Waals surface area contributed by atoms with Gasteiger partial charge in [0.2, 0.25) is 0 Å². The quantitative estimate of drug-likeness (QED) is 0.0405. The summed E-state index contributed by atoms with van der Waals surface area (Å²) in [6.45, 7) is 10.7. The lowest BCUT2D eigenvalue weighted by Gasteiger charge is -2.09. The van der Waals surface area contributed by atoms with Gasteiger partial charge in [-0.1, -0.05) is 0 Å². The number of esters is 1. The van der Waals surface area contributed by atoms with Crippen LogP contribution in [0.25, 0.3) is 0 Å². The van der Waals surface area contributed by atoms with E-state index in [4.69, 9.17) is 61.6 Å². The van der Waals surface area contributed by atoms with Crippen molar-refractivity contribution < 1.29 is 76.0 Å².